The molecule has 0 unspecified atom stereocenters. The molecule has 0 atom stereocenters. The number of rotatable bonds is 3. The Kier molecular flexibility index (Phi) is 4.93. The maximum Gasteiger partial charge on any atom is 0.257 e. The highest BCUT2D eigenvalue weighted by molar-refractivity contribution is 5.98. The molecule has 0 radical (unpaired) electrons. The van der Waals surface area contributed by atoms with E-state index in [0.29, 0.717) is 62.4 Å². The molecule has 2 aliphatic heterocycles. The number of benzene rings is 1. The van der Waals surface area contributed by atoms with Crippen LogP contribution in [-0.2, 0) is 0 Å². The maximum atomic E-state index is 13.0. The predicted molar refractivity (Wildman–Crippen MR) is 107 cm³/mol. The van der Waals surface area contributed by atoms with Gasteiger partial charge >= 0.3 is 0 Å². The topological polar surface area (TPSA) is 71.0 Å². The Morgan fingerprint density at radius 3 is 2.57 bits per heavy atom. The van der Waals surface area contributed by atoms with E-state index in [-0.39, 0.29) is 5.91 Å². The predicted octanol–water partition coefficient (Wildman–Crippen LogP) is 1.58. The monoisotopic (exact) mass is 383 g/mol. The van der Waals surface area contributed by atoms with Crippen LogP contribution in [0.25, 0.3) is 0 Å². The van der Waals surface area contributed by atoms with E-state index >= 15 is 0 Å². The molecular formula is C20H25N5O3. The van der Waals surface area contributed by atoms with Gasteiger partial charge < -0.3 is 24.2 Å². The van der Waals surface area contributed by atoms with Gasteiger partial charge in [-0.2, -0.15) is 4.98 Å². The van der Waals surface area contributed by atoms with Gasteiger partial charge in [0.25, 0.3) is 5.91 Å². The molecule has 0 bridgehead atoms. The first-order valence-corrected chi connectivity index (χ1v) is 9.49. The van der Waals surface area contributed by atoms with E-state index in [0.717, 1.165) is 11.5 Å². The molecule has 1 aromatic heterocycles. The fraction of sp³-hybridized carbons (Fsp3) is 0.450. The average Bonchev–Trinajstić information content (AvgIpc) is 2.72. The second-order valence-corrected chi connectivity index (χ2v) is 7.17. The number of fused-ring (bicyclic) bond motifs is 1. The van der Waals surface area contributed by atoms with Gasteiger partial charge in [-0.3, -0.25) is 4.79 Å². The van der Waals surface area contributed by atoms with Crippen LogP contribution >= 0.6 is 0 Å². The molecule has 4 rings (SSSR count). The van der Waals surface area contributed by atoms with E-state index in [4.69, 9.17) is 9.47 Å². The zero-order valence-electron chi connectivity index (χ0n) is 16.5. The third-order valence-electron chi connectivity index (χ3n) is 4.93. The van der Waals surface area contributed by atoms with E-state index in [2.05, 4.69) is 14.9 Å². The first-order chi connectivity index (χ1) is 13.5. The summed E-state index contributed by atoms with van der Waals surface area (Å²) in [6.07, 6.45) is 0. The minimum atomic E-state index is -0.0267. The molecule has 1 amide bonds. The lowest BCUT2D eigenvalue weighted by Crippen LogP contribution is -2.49. The molecule has 0 spiro atoms. The number of hydrogen-bond acceptors (Lipinski definition) is 7. The first kappa shape index (κ1) is 18.3. The van der Waals surface area contributed by atoms with Gasteiger partial charge in [0.1, 0.15) is 19.0 Å². The zero-order chi connectivity index (χ0) is 19.7. The molecule has 2 aromatic rings. The fourth-order valence-corrected chi connectivity index (χ4v) is 3.43. The molecule has 0 saturated carbocycles. The second kappa shape index (κ2) is 7.53. The molecule has 0 N–H and O–H groups in total. The van der Waals surface area contributed by atoms with Crippen molar-refractivity contribution in [1.29, 1.82) is 0 Å². The van der Waals surface area contributed by atoms with Crippen LogP contribution in [0.15, 0.2) is 24.3 Å². The molecular weight excluding hydrogens is 358 g/mol. The van der Waals surface area contributed by atoms with Crippen molar-refractivity contribution < 1.29 is 14.3 Å². The normalized spacial score (nSPS) is 16.1. The van der Waals surface area contributed by atoms with Crippen LogP contribution < -0.4 is 19.3 Å². The lowest BCUT2D eigenvalue weighted by molar-refractivity contribution is 0.0735. The molecule has 2 aliphatic rings. The Hall–Kier alpha value is -3.03. The fourth-order valence-electron chi connectivity index (χ4n) is 3.43. The van der Waals surface area contributed by atoms with Gasteiger partial charge in [-0.1, -0.05) is 6.07 Å². The largest absolute Gasteiger partial charge is 0.486 e. The number of ether oxygens (including phenoxy) is 2. The van der Waals surface area contributed by atoms with E-state index in [1.54, 1.807) is 6.07 Å². The smallest absolute Gasteiger partial charge is 0.257 e. The summed E-state index contributed by atoms with van der Waals surface area (Å²) in [6, 6.07) is 7.43. The number of aromatic nitrogens is 2. The highest BCUT2D eigenvalue weighted by atomic mass is 16.6. The highest BCUT2D eigenvalue weighted by Crippen LogP contribution is 2.34. The summed E-state index contributed by atoms with van der Waals surface area (Å²) >= 11 is 0. The number of piperazine rings is 1. The SMILES string of the molecule is Cc1cc(N(C)C)nc(N2CCN(C(=O)c3cccc4c3OCCO4)CC2)n1. The van der Waals surface area contributed by atoms with E-state index in [9.17, 15) is 4.79 Å². The summed E-state index contributed by atoms with van der Waals surface area (Å²) in [5.41, 5.74) is 1.49. The summed E-state index contributed by atoms with van der Waals surface area (Å²) in [5, 5.41) is 0. The molecule has 3 heterocycles. The zero-order valence-corrected chi connectivity index (χ0v) is 16.5. The van der Waals surface area contributed by atoms with Crippen molar-refractivity contribution in [3.05, 3.63) is 35.5 Å². The molecule has 0 aliphatic carbocycles. The van der Waals surface area contributed by atoms with Crippen LogP contribution in [0.4, 0.5) is 11.8 Å². The van der Waals surface area contributed by atoms with Gasteiger partial charge in [-0.05, 0) is 19.1 Å². The number of amides is 1. The van der Waals surface area contributed by atoms with Crippen molar-refractivity contribution in [2.75, 3.05) is 63.3 Å². The molecule has 1 fully saturated rings. The molecule has 1 aromatic carbocycles. The number of hydrogen-bond donors (Lipinski definition) is 0. The number of anilines is 2. The summed E-state index contributed by atoms with van der Waals surface area (Å²) in [5.74, 6) is 2.76. The quantitative estimate of drug-likeness (QED) is 0.797. The van der Waals surface area contributed by atoms with Gasteiger partial charge in [-0.15, -0.1) is 0 Å². The first-order valence-electron chi connectivity index (χ1n) is 9.49. The molecule has 8 nitrogen and oxygen atoms in total. The Bertz CT molecular complexity index is 878. The third kappa shape index (κ3) is 3.54. The van der Waals surface area contributed by atoms with Crippen molar-refractivity contribution in [3.63, 3.8) is 0 Å². The molecule has 28 heavy (non-hydrogen) atoms. The summed E-state index contributed by atoms with van der Waals surface area (Å²) < 4.78 is 11.3. The Morgan fingerprint density at radius 2 is 1.82 bits per heavy atom. The Labute approximate surface area is 164 Å². The molecule has 148 valence electrons. The number of carbonyl (C=O) groups excluding carboxylic acids is 1. The van der Waals surface area contributed by atoms with Gasteiger partial charge in [0.2, 0.25) is 5.95 Å². The lowest BCUT2D eigenvalue weighted by atomic mass is 10.1. The summed E-state index contributed by atoms with van der Waals surface area (Å²) in [4.78, 5) is 28.2. The van der Waals surface area contributed by atoms with Gasteiger partial charge in [0, 0.05) is 52.0 Å². The number of para-hydroxylation sites is 1. The van der Waals surface area contributed by atoms with Gasteiger partial charge in [-0.25, -0.2) is 4.98 Å². The van der Waals surface area contributed by atoms with Crippen LogP contribution in [0.3, 0.4) is 0 Å². The lowest BCUT2D eigenvalue weighted by Gasteiger charge is -2.35. The highest BCUT2D eigenvalue weighted by Gasteiger charge is 2.28. The summed E-state index contributed by atoms with van der Waals surface area (Å²) in [7, 11) is 3.93. The van der Waals surface area contributed by atoms with E-state index in [1.807, 2.05) is 49.0 Å². The minimum absolute atomic E-state index is 0.0267. The number of nitrogens with zero attached hydrogens (tertiary/aromatic N) is 5. The Morgan fingerprint density at radius 1 is 1.07 bits per heavy atom. The van der Waals surface area contributed by atoms with Crippen LogP contribution in [0.1, 0.15) is 16.1 Å². The number of aryl methyl sites for hydroxylation is 1. The van der Waals surface area contributed by atoms with Crippen molar-refractivity contribution in [2.45, 2.75) is 6.92 Å². The minimum Gasteiger partial charge on any atom is -0.486 e. The van der Waals surface area contributed by atoms with Crippen molar-refractivity contribution in [3.8, 4) is 11.5 Å². The average molecular weight is 383 g/mol. The van der Waals surface area contributed by atoms with Crippen molar-refractivity contribution in [1.82, 2.24) is 14.9 Å². The maximum absolute atomic E-state index is 13.0. The van der Waals surface area contributed by atoms with Crippen molar-refractivity contribution >= 4 is 17.7 Å². The third-order valence-corrected chi connectivity index (χ3v) is 4.93. The van der Waals surface area contributed by atoms with Crippen LogP contribution in [-0.4, -0.2) is 74.3 Å². The summed E-state index contributed by atoms with van der Waals surface area (Å²) in [6.45, 7) is 5.54. The number of carbonyl (C=O) groups is 1. The Balaban J connectivity index is 1.47. The van der Waals surface area contributed by atoms with Crippen LogP contribution in [0.2, 0.25) is 0 Å². The van der Waals surface area contributed by atoms with Gasteiger partial charge in [0.05, 0.1) is 5.56 Å². The van der Waals surface area contributed by atoms with Crippen molar-refractivity contribution in [2.24, 2.45) is 0 Å². The van der Waals surface area contributed by atoms with Crippen LogP contribution in [0.5, 0.6) is 11.5 Å². The second-order valence-electron chi connectivity index (χ2n) is 7.17. The van der Waals surface area contributed by atoms with E-state index in [1.165, 1.54) is 0 Å². The van der Waals surface area contributed by atoms with Crippen LogP contribution in [0, 0.1) is 6.92 Å². The molecule has 8 heteroatoms. The van der Waals surface area contributed by atoms with Gasteiger partial charge in [0.15, 0.2) is 11.5 Å². The standard InChI is InChI=1S/C20H25N5O3/c1-14-13-17(23(2)3)22-20(21-14)25-9-7-24(8-10-25)19(26)15-5-4-6-16-18(15)28-12-11-27-16/h4-6,13H,7-12H2,1-3H3. The van der Waals surface area contributed by atoms with E-state index < -0.39 is 0 Å². The molecule has 1 saturated heterocycles.